The van der Waals surface area contributed by atoms with Gasteiger partial charge in [0.2, 0.25) is 11.8 Å². The monoisotopic (exact) mass is 366 g/mol. The first-order valence-electron chi connectivity index (χ1n) is 5.66. The van der Waals surface area contributed by atoms with Crippen LogP contribution in [0.3, 0.4) is 0 Å². The van der Waals surface area contributed by atoms with E-state index in [4.69, 9.17) is 10.5 Å². The summed E-state index contributed by atoms with van der Waals surface area (Å²) in [5, 5.41) is 13.4. The van der Waals surface area contributed by atoms with Crippen molar-refractivity contribution in [1.82, 2.24) is 9.97 Å². The summed E-state index contributed by atoms with van der Waals surface area (Å²) < 4.78 is 6.18. The first-order chi connectivity index (χ1) is 10.0. The topological polar surface area (TPSA) is 104 Å². The number of ether oxygens (including phenoxy) is 1. The minimum atomic E-state index is -0.494. The van der Waals surface area contributed by atoms with Gasteiger partial charge in [-0.05, 0) is 17.5 Å². The van der Waals surface area contributed by atoms with E-state index in [1.54, 1.807) is 12.1 Å². The summed E-state index contributed by atoms with van der Waals surface area (Å²) in [5.41, 5.74) is 5.55. The van der Waals surface area contributed by atoms with Crippen molar-refractivity contribution < 1.29 is 9.66 Å². The zero-order valence-electron chi connectivity index (χ0n) is 10.3. The Hall–Kier alpha value is -2.26. The maximum absolute atomic E-state index is 10.9. The van der Waals surface area contributed by atoms with E-state index in [1.165, 1.54) is 23.5 Å². The first-order valence-corrected chi connectivity index (χ1v) is 7.34. The second-order valence-corrected chi connectivity index (χ2v) is 5.84. The predicted molar refractivity (Wildman–Crippen MR) is 82.7 cm³/mol. The van der Waals surface area contributed by atoms with Crippen LogP contribution in [-0.2, 0) is 0 Å². The second kappa shape index (κ2) is 5.26. The lowest BCUT2D eigenvalue weighted by molar-refractivity contribution is -0.385. The van der Waals surface area contributed by atoms with Crippen molar-refractivity contribution in [2.75, 3.05) is 5.73 Å². The number of non-ortho nitro benzene ring substituents is 1. The third kappa shape index (κ3) is 2.78. The second-order valence-electron chi connectivity index (χ2n) is 4.03. The fraction of sp³-hybridized carbons (Fsp3) is 0. The Labute approximate surface area is 130 Å². The Morgan fingerprint density at radius 3 is 2.90 bits per heavy atom. The number of nitrogens with zero attached hydrogens (tertiary/aromatic N) is 3. The molecule has 9 heteroatoms. The van der Waals surface area contributed by atoms with Crippen LogP contribution in [0.25, 0.3) is 10.2 Å². The average Bonchev–Trinajstić information content (AvgIpc) is 2.86. The Balaban J connectivity index is 2.06. The Bertz CT molecular complexity index is 852. The molecule has 0 aliphatic carbocycles. The minimum Gasteiger partial charge on any atom is -0.438 e. The van der Waals surface area contributed by atoms with Gasteiger partial charge >= 0.3 is 0 Å². The van der Waals surface area contributed by atoms with Gasteiger partial charge < -0.3 is 10.5 Å². The fourth-order valence-corrected chi connectivity index (χ4v) is 2.97. The summed E-state index contributed by atoms with van der Waals surface area (Å²) in [6.45, 7) is 0. The molecule has 2 heterocycles. The Morgan fingerprint density at radius 1 is 1.33 bits per heavy atom. The van der Waals surface area contributed by atoms with Crippen LogP contribution < -0.4 is 10.5 Å². The van der Waals surface area contributed by atoms with E-state index in [0.717, 1.165) is 0 Å². The zero-order valence-corrected chi connectivity index (χ0v) is 12.7. The van der Waals surface area contributed by atoms with E-state index in [0.29, 0.717) is 20.4 Å². The smallest absolute Gasteiger partial charge is 0.274 e. The van der Waals surface area contributed by atoms with Gasteiger partial charge in [-0.25, -0.2) is 4.98 Å². The molecule has 2 N–H and O–H groups in total. The highest BCUT2D eigenvalue weighted by Gasteiger charge is 2.13. The SMILES string of the molecule is Nc1nc(Oc2cc(Br)cc([N+](=O)[O-])c2)c2ccsc2n1. The number of benzene rings is 1. The van der Waals surface area contributed by atoms with Gasteiger partial charge in [-0.15, -0.1) is 11.3 Å². The van der Waals surface area contributed by atoms with Crippen molar-refractivity contribution in [3.05, 3.63) is 44.2 Å². The van der Waals surface area contributed by atoms with Gasteiger partial charge in [0, 0.05) is 10.5 Å². The molecule has 0 aliphatic rings. The summed E-state index contributed by atoms with van der Waals surface area (Å²) in [6.07, 6.45) is 0. The average molecular weight is 367 g/mol. The van der Waals surface area contributed by atoms with Crippen molar-refractivity contribution in [3.63, 3.8) is 0 Å². The van der Waals surface area contributed by atoms with Crippen molar-refractivity contribution in [2.24, 2.45) is 0 Å². The number of nitrogen functional groups attached to an aromatic ring is 1. The molecule has 3 rings (SSSR count). The highest BCUT2D eigenvalue weighted by molar-refractivity contribution is 9.10. The number of fused-ring (bicyclic) bond motifs is 1. The molecule has 106 valence electrons. The van der Waals surface area contributed by atoms with Crippen LogP contribution >= 0.6 is 27.3 Å². The number of aromatic nitrogens is 2. The summed E-state index contributed by atoms with van der Waals surface area (Å²) in [4.78, 5) is 19.2. The Kier molecular flexibility index (Phi) is 3.43. The van der Waals surface area contributed by atoms with Gasteiger partial charge in [0.1, 0.15) is 10.6 Å². The molecule has 0 aliphatic heterocycles. The Morgan fingerprint density at radius 2 is 2.14 bits per heavy atom. The lowest BCUT2D eigenvalue weighted by atomic mass is 10.3. The molecule has 0 bridgehead atoms. The van der Waals surface area contributed by atoms with Crippen LogP contribution in [0.1, 0.15) is 0 Å². The maximum atomic E-state index is 10.9. The van der Waals surface area contributed by atoms with Crippen molar-refractivity contribution >= 4 is 49.1 Å². The normalized spacial score (nSPS) is 10.7. The lowest BCUT2D eigenvalue weighted by Gasteiger charge is -2.07. The number of halogens is 1. The van der Waals surface area contributed by atoms with Crippen LogP contribution in [0.2, 0.25) is 0 Å². The van der Waals surface area contributed by atoms with E-state index in [1.807, 2.05) is 5.38 Å². The van der Waals surface area contributed by atoms with Crippen LogP contribution in [0, 0.1) is 10.1 Å². The van der Waals surface area contributed by atoms with Gasteiger partial charge in [-0.3, -0.25) is 10.1 Å². The number of nitro benzene ring substituents is 1. The molecule has 0 amide bonds. The van der Waals surface area contributed by atoms with Crippen molar-refractivity contribution in [2.45, 2.75) is 0 Å². The molecule has 0 spiro atoms. The molecule has 0 saturated carbocycles. The molecule has 2 aromatic heterocycles. The largest absolute Gasteiger partial charge is 0.438 e. The van der Waals surface area contributed by atoms with E-state index < -0.39 is 4.92 Å². The highest BCUT2D eigenvalue weighted by Crippen LogP contribution is 2.33. The third-order valence-electron chi connectivity index (χ3n) is 2.59. The summed E-state index contributed by atoms with van der Waals surface area (Å²) >= 11 is 4.62. The number of hydrogen-bond acceptors (Lipinski definition) is 7. The van der Waals surface area contributed by atoms with Gasteiger partial charge in [0.05, 0.1) is 16.4 Å². The number of hydrogen-bond donors (Lipinski definition) is 1. The van der Waals surface area contributed by atoms with Crippen LogP contribution in [0.4, 0.5) is 11.6 Å². The maximum Gasteiger partial charge on any atom is 0.274 e. The van der Waals surface area contributed by atoms with Crippen molar-refractivity contribution in [3.8, 4) is 11.6 Å². The van der Waals surface area contributed by atoms with Gasteiger partial charge in [0.15, 0.2) is 0 Å². The number of nitro groups is 1. The molecular weight excluding hydrogens is 360 g/mol. The molecule has 0 radical (unpaired) electrons. The fourth-order valence-electron chi connectivity index (χ4n) is 1.75. The molecule has 0 atom stereocenters. The quantitative estimate of drug-likeness (QED) is 0.559. The third-order valence-corrected chi connectivity index (χ3v) is 3.85. The molecule has 21 heavy (non-hydrogen) atoms. The van der Waals surface area contributed by atoms with Gasteiger partial charge in [0.25, 0.3) is 5.69 Å². The summed E-state index contributed by atoms with van der Waals surface area (Å²) in [6, 6.07) is 6.13. The van der Waals surface area contributed by atoms with E-state index in [9.17, 15) is 10.1 Å². The van der Waals surface area contributed by atoms with Crippen LogP contribution in [0.15, 0.2) is 34.1 Å². The number of thiophene rings is 1. The lowest BCUT2D eigenvalue weighted by Crippen LogP contribution is -1.97. The minimum absolute atomic E-state index is 0.0806. The zero-order chi connectivity index (χ0) is 15.0. The highest BCUT2D eigenvalue weighted by atomic mass is 79.9. The summed E-state index contributed by atoms with van der Waals surface area (Å²) in [5.74, 6) is 0.650. The number of nitrogens with two attached hydrogens (primary N) is 1. The van der Waals surface area contributed by atoms with Crippen molar-refractivity contribution in [1.29, 1.82) is 0 Å². The molecular formula is C12H7BrN4O3S. The van der Waals surface area contributed by atoms with E-state index >= 15 is 0 Å². The van der Waals surface area contributed by atoms with Gasteiger partial charge in [-0.1, -0.05) is 15.9 Å². The number of anilines is 1. The number of rotatable bonds is 3. The van der Waals surface area contributed by atoms with Crippen LogP contribution in [-0.4, -0.2) is 14.9 Å². The standard InChI is InChI=1S/C12H7BrN4O3S/c13-6-3-7(17(18)19)5-8(4-6)20-10-9-1-2-21-11(9)16-12(14)15-10/h1-5H,(H2,14,15,16). The first kappa shape index (κ1) is 13.7. The molecule has 0 fully saturated rings. The van der Waals surface area contributed by atoms with Gasteiger partial charge in [-0.2, -0.15) is 4.98 Å². The predicted octanol–water partition coefficient (Wildman–Crippen LogP) is 3.74. The molecule has 1 aromatic carbocycles. The molecule has 3 aromatic rings. The van der Waals surface area contributed by atoms with Crippen LogP contribution in [0.5, 0.6) is 11.6 Å². The summed E-state index contributed by atoms with van der Waals surface area (Å²) in [7, 11) is 0. The van der Waals surface area contributed by atoms with E-state index in [2.05, 4.69) is 25.9 Å². The molecule has 0 saturated heterocycles. The molecule has 7 nitrogen and oxygen atoms in total. The molecule has 0 unspecified atom stereocenters. The van der Waals surface area contributed by atoms with E-state index in [-0.39, 0.29) is 17.5 Å².